The van der Waals surface area contributed by atoms with Crippen molar-refractivity contribution in [3.63, 3.8) is 0 Å². The number of nitrogens with one attached hydrogen (secondary N) is 2. The van der Waals surface area contributed by atoms with Crippen LogP contribution in [0.1, 0.15) is 39.2 Å². The first-order valence-corrected chi connectivity index (χ1v) is 8.24. The first-order valence-electron chi connectivity index (χ1n) is 8.24. The van der Waals surface area contributed by atoms with Gasteiger partial charge in [-0.15, -0.1) is 0 Å². The van der Waals surface area contributed by atoms with E-state index in [1.807, 2.05) is 6.92 Å². The van der Waals surface area contributed by atoms with Crippen LogP contribution >= 0.6 is 0 Å². The first kappa shape index (κ1) is 18.0. The minimum Gasteiger partial charge on any atom is -0.427 e. The van der Waals surface area contributed by atoms with Crippen molar-refractivity contribution in [2.75, 3.05) is 0 Å². The highest BCUT2D eigenvalue weighted by molar-refractivity contribution is 6.04. The van der Waals surface area contributed by atoms with Gasteiger partial charge in [-0.3, -0.25) is 14.9 Å². The maximum absolute atomic E-state index is 11.9. The van der Waals surface area contributed by atoms with Gasteiger partial charge in [0.2, 0.25) is 0 Å². The van der Waals surface area contributed by atoms with Gasteiger partial charge in [0.15, 0.2) is 0 Å². The number of amides is 3. The molecule has 1 aromatic carbocycles. The average Bonchev–Trinajstić information content (AvgIpc) is 2.77. The Kier molecular flexibility index (Phi) is 5.95. The molecule has 1 saturated heterocycles. The molecule has 2 atom stereocenters. The normalized spacial score (nSPS) is 18.2. The van der Waals surface area contributed by atoms with Gasteiger partial charge in [-0.05, 0) is 36.0 Å². The molecule has 24 heavy (non-hydrogen) atoms. The molecule has 1 heterocycles. The second-order valence-corrected chi connectivity index (χ2v) is 6.78. The molecular formula is C18H24N2O4. The van der Waals surface area contributed by atoms with Crippen molar-refractivity contribution in [2.45, 2.75) is 46.1 Å². The van der Waals surface area contributed by atoms with Crippen molar-refractivity contribution >= 4 is 17.9 Å². The number of carbonyl (C=O) groups is 3. The van der Waals surface area contributed by atoms with E-state index in [1.165, 1.54) is 0 Å². The van der Waals surface area contributed by atoms with Crippen LogP contribution in [-0.4, -0.2) is 23.9 Å². The average molecular weight is 332 g/mol. The van der Waals surface area contributed by atoms with Crippen LogP contribution in [0.5, 0.6) is 5.75 Å². The molecule has 1 fully saturated rings. The van der Waals surface area contributed by atoms with Gasteiger partial charge in [-0.2, -0.15) is 0 Å². The molecular weight excluding hydrogens is 308 g/mol. The van der Waals surface area contributed by atoms with Crippen LogP contribution in [0, 0.1) is 11.8 Å². The van der Waals surface area contributed by atoms with Gasteiger partial charge in [0.25, 0.3) is 5.91 Å². The summed E-state index contributed by atoms with van der Waals surface area (Å²) in [5, 5.41) is 4.75. The van der Waals surface area contributed by atoms with Crippen molar-refractivity contribution in [2.24, 2.45) is 11.8 Å². The van der Waals surface area contributed by atoms with Crippen LogP contribution in [-0.2, 0) is 16.0 Å². The van der Waals surface area contributed by atoms with Crippen molar-refractivity contribution in [1.29, 1.82) is 0 Å². The number of ether oxygens (including phenoxy) is 1. The lowest BCUT2D eigenvalue weighted by molar-refractivity contribution is -0.135. The van der Waals surface area contributed by atoms with Crippen LogP contribution in [0.15, 0.2) is 24.3 Å². The highest BCUT2D eigenvalue weighted by Gasteiger charge is 2.29. The van der Waals surface area contributed by atoms with E-state index in [-0.39, 0.29) is 11.9 Å². The summed E-state index contributed by atoms with van der Waals surface area (Å²) in [6.45, 7) is 6.31. The van der Waals surface area contributed by atoms with Crippen LogP contribution in [0.2, 0.25) is 0 Å². The number of benzene rings is 1. The Bertz CT molecular complexity index is 610. The number of esters is 1. The van der Waals surface area contributed by atoms with Gasteiger partial charge >= 0.3 is 12.0 Å². The van der Waals surface area contributed by atoms with E-state index in [0.717, 1.165) is 12.0 Å². The SMILES string of the molecule is CC(C)CC(C)CC(=O)Oc1ccc(CC2NC(=O)NC2=O)cc1. The Morgan fingerprint density at radius 2 is 1.83 bits per heavy atom. The fraction of sp³-hybridized carbons (Fsp3) is 0.500. The molecule has 0 saturated carbocycles. The number of rotatable bonds is 7. The van der Waals surface area contributed by atoms with E-state index in [0.29, 0.717) is 30.4 Å². The number of imide groups is 1. The van der Waals surface area contributed by atoms with Gasteiger partial charge in [0.1, 0.15) is 11.8 Å². The molecule has 0 aromatic heterocycles. The Labute approximate surface area is 142 Å². The lowest BCUT2D eigenvalue weighted by Gasteiger charge is -2.13. The molecule has 2 rings (SSSR count). The molecule has 6 nitrogen and oxygen atoms in total. The van der Waals surface area contributed by atoms with E-state index < -0.39 is 12.1 Å². The Morgan fingerprint density at radius 3 is 2.38 bits per heavy atom. The number of carbonyl (C=O) groups excluding carboxylic acids is 3. The molecule has 3 amide bonds. The van der Waals surface area contributed by atoms with Crippen molar-refractivity contribution in [3.8, 4) is 5.75 Å². The molecule has 0 aliphatic carbocycles. The van der Waals surface area contributed by atoms with Gasteiger partial charge in [-0.1, -0.05) is 32.9 Å². The minimum atomic E-state index is -0.553. The zero-order valence-corrected chi connectivity index (χ0v) is 14.3. The van der Waals surface area contributed by atoms with E-state index >= 15 is 0 Å². The van der Waals surface area contributed by atoms with Gasteiger partial charge < -0.3 is 10.1 Å². The number of hydrogen-bond donors (Lipinski definition) is 2. The molecule has 0 bridgehead atoms. The zero-order valence-electron chi connectivity index (χ0n) is 14.3. The topological polar surface area (TPSA) is 84.5 Å². The maximum Gasteiger partial charge on any atom is 0.322 e. The number of urea groups is 1. The summed E-state index contributed by atoms with van der Waals surface area (Å²) >= 11 is 0. The third-order valence-electron chi connectivity index (χ3n) is 3.84. The Hall–Kier alpha value is -2.37. The summed E-state index contributed by atoms with van der Waals surface area (Å²) in [5.41, 5.74) is 0.880. The number of hydrogen-bond acceptors (Lipinski definition) is 4. The van der Waals surface area contributed by atoms with Gasteiger partial charge in [-0.25, -0.2) is 4.79 Å². The lowest BCUT2D eigenvalue weighted by Crippen LogP contribution is -2.31. The second kappa shape index (κ2) is 7.95. The molecule has 1 aliphatic heterocycles. The largest absolute Gasteiger partial charge is 0.427 e. The van der Waals surface area contributed by atoms with Crippen molar-refractivity contribution in [1.82, 2.24) is 10.6 Å². The van der Waals surface area contributed by atoms with Gasteiger partial charge in [0.05, 0.1) is 0 Å². The lowest BCUT2D eigenvalue weighted by atomic mass is 9.96. The second-order valence-electron chi connectivity index (χ2n) is 6.78. The summed E-state index contributed by atoms with van der Waals surface area (Å²) < 4.78 is 5.34. The predicted molar refractivity (Wildman–Crippen MR) is 89.5 cm³/mol. The first-order chi connectivity index (χ1) is 11.3. The maximum atomic E-state index is 11.9. The van der Waals surface area contributed by atoms with E-state index in [2.05, 4.69) is 24.5 Å². The van der Waals surface area contributed by atoms with E-state index in [4.69, 9.17) is 4.74 Å². The molecule has 2 N–H and O–H groups in total. The van der Waals surface area contributed by atoms with Crippen molar-refractivity contribution in [3.05, 3.63) is 29.8 Å². The highest BCUT2D eigenvalue weighted by atomic mass is 16.5. The molecule has 6 heteroatoms. The van der Waals surface area contributed by atoms with Crippen LogP contribution in [0.4, 0.5) is 4.79 Å². The zero-order chi connectivity index (χ0) is 17.7. The Morgan fingerprint density at radius 1 is 1.17 bits per heavy atom. The fourth-order valence-electron chi connectivity index (χ4n) is 2.88. The summed E-state index contributed by atoms with van der Waals surface area (Å²) in [4.78, 5) is 34.5. The molecule has 2 unspecified atom stereocenters. The summed E-state index contributed by atoms with van der Waals surface area (Å²) in [7, 11) is 0. The van der Waals surface area contributed by atoms with Crippen LogP contribution in [0.25, 0.3) is 0 Å². The fourth-order valence-corrected chi connectivity index (χ4v) is 2.88. The predicted octanol–water partition coefficient (Wildman–Crippen LogP) is 2.41. The van der Waals surface area contributed by atoms with Crippen molar-refractivity contribution < 1.29 is 19.1 Å². The van der Waals surface area contributed by atoms with Crippen LogP contribution in [0.3, 0.4) is 0 Å². The van der Waals surface area contributed by atoms with Gasteiger partial charge in [0, 0.05) is 12.8 Å². The third kappa shape index (κ3) is 5.37. The molecule has 0 radical (unpaired) electrons. The smallest absolute Gasteiger partial charge is 0.322 e. The molecule has 1 aromatic rings. The highest BCUT2D eigenvalue weighted by Crippen LogP contribution is 2.18. The third-order valence-corrected chi connectivity index (χ3v) is 3.84. The minimum absolute atomic E-state index is 0.238. The molecule has 0 spiro atoms. The van der Waals surface area contributed by atoms with E-state index in [9.17, 15) is 14.4 Å². The molecule has 1 aliphatic rings. The summed E-state index contributed by atoms with van der Waals surface area (Å²) in [6.07, 6.45) is 1.79. The summed E-state index contributed by atoms with van der Waals surface area (Å²) in [5.74, 6) is 0.773. The monoisotopic (exact) mass is 332 g/mol. The quantitative estimate of drug-likeness (QED) is 0.456. The van der Waals surface area contributed by atoms with E-state index in [1.54, 1.807) is 24.3 Å². The standard InChI is InChI=1S/C18H24N2O4/c1-11(2)8-12(3)9-16(21)24-14-6-4-13(5-7-14)10-15-17(22)20-18(23)19-15/h4-7,11-12,15H,8-10H2,1-3H3,(H2,19,20,22,23). The summed E-state index contributed by atoms with van der Waals surface area (Å²) in [6, 6.07) is 5.97. The Balaban J connectivity index is 1.84. The van der Waals surface area contributed by atoms with Crippen LogP contribution < -0.4 is 15.4 Å². The molecule has 130 valence electrons.